The van der Waals surface area contributed by atoms with Crippen molar-refractivity contribution in [2.24, 2.45) is 5.14 Å². The van der Waals surface area contributed by atoms with Crippen LogP contribution in [0.25, 0.3) is 0 Å². The van der Waals surface area contributed by atoms with Gasteiger partial charge in [0.15, 0.2) is 0 Å². The number of benzene rings is 1. The number of nitrogens with one attached hydrogen (secondary N) is 1. The molecule has 8 nitrogen and oxygen atoms in total. The van der Waals surface area contributed by atoms with Crippen LogP contribution in [0.3, 0.4) is 0 Å². The standard InChI is InChI=1S/C8H12N4O4S/c9-7-2-1-6(5-8(7)12(13)14)11-3-4-17(10,15)16/h1-2,5,11H,3-4,9H2,(H2,10,15,16). The highest BCUT2D eigenvalue weighted by molar-refractivity contribution is 7.89. The van der Waals surface area contributed by atoms with Crippen molar-refractivity contribution in [3.63, 3.8) is 0 Å². The summed E-state index contributed by atoms with van der Waals surface area (Å²) in [6.07, 6.45) is 0. The van der Waals surface area contributed by atoms with Crippen molar-refractivity contribution in [1.29, 1.82) is 0 Å². The SMILES string of the molecule is Nc1ccc(NCCS(N)(=O)=O)cc1[N+](=O)[O-]. The average Bonchev–Trinajstić information content (AvgIpc) is 2.18. The molecular weight excluding hydrogens is 248 g/mol. The minimum atomic E-state index is -3.55. The number of hydrogen-bond acceptors (Lipinski definition) is 6. The maximum absolute atomic E-state index is 10.7. The van der Waals surface area contributed by atoms with E-state index in [1.807, 2.05) is 0 Å². The molecule has 0 aliphatic carbocycles. The Hall–Kier alpha value is -1.87. The third kappa shape index (κ3) is 4.25. The molecule has 0 heterocycles. The first kappa shape index (κ1) is 13.2. The van der Waals surface area contributed by atoms with Gasteiger partial charge in [-0.25, -0.2) is 13.6 Å². The zero-order valence-electron chi connectivity index (χ0n) is 8.79. The molecule has 0 bridgehead atoms. The highest BCUT2D eigenvalue weighted by Crippen LogP contribution is 2.24. The number of anilines is 2. The number of hydrogen-bond donors (Lipinski definition) is 3. The van der Waals surface area contributed by atoms with E-state index in [0.717, 1.165) is 0 Å². The van der Waals surface area contributed by atoms with E-state index in [2.05, 4.69) is 5.32 Å². The van der Waals surface area contributed by atoms with Gasteiger partial charge in [-0.15, -0.1) is 0 Å². The predicted molar refractivity (Wildman–Crippen MR) is 64.0 cm³/mol. The van der Waals surface area contributed by atoms with Gasteiger partial charge in [-0.1, -0.05) is 0 Å². The molecule has 0 aromatic heterocycles. The second-order valence-electron chi connectivity index (χ2n) is 3.32. The van der Waals surface area contributed by atoms with Crippen LogP contribution in [0.5, 0.6) is 0 Å². The summed E-state index contributed by atoms with van der Waals surface area (Å²) < 4.78 is 21.3. The number of nitrogen functional groups attached to an aromatic ring is 1. The van der Waals surface area contributed by atoms with Crippen LogP contribution in [0.4, 0.5) is 17.1 Å². The topological polar surface area (TPSA) is 141 Å². The van der Waals surface area contributed by atoms with Gasteiger partial charge in [-0.2, -0.15) is 0 Å². The maximum Gasteiger partial charge on any atom is 0.294 e. The molecule has 0 atom stereocenters. The van der Waals surface area contributed by atoms with Crippen LogP contribution in [-0.4, -0.2) is 25.6 Å². The van der Waals surface area contributed by atoms with Crippen LogP contribution in [0.2, 0.25) is 0 Å². The normalized spacial score (nSPS) is 11.1. The van der Waals surface area contributed by atoms with Crippen molar-refractivity contribution in [1.82, 2.24) is 0 Å². The monoisotopic (exact) mass is 260 g/mol. The second-order valence-corrected chi connectivity index (χ2v) is 5.06. The number of sulfonamides is 1. The molecule has 0 saturated heterocycles. The minimum absolute atomic E-state index is 0.0481. The summed E-state index contributed by atoms with van der Waals surface area (Å²) in [6, 6.07) is 4.13. The maximum atomic E-state index is 10.7. The van der Waals surface area contributed by atoms with E-state index in [9.17, 15) is 18.5 Å². The lowest BCUT2D eigenvalue weighted by molar-refractivity contribution is -0.383. The van der Waals surface area contributed by atoms with Gasteiger partial charge in [0.1, 0.15) is 5.69 Å². The Morgan fingerprint density at radius 1 is 1.41 bits per heavy atom. The molecule has 17 heavy (non-hydrogen) atoms. The molecule has 0 fully saturated rings. The van der Waals surface area contributed by atoms with Gasteiger partial charge in [0, 0.05) is 18.3 Å². The number of primary sulfonamides is 1. The Morgan fingerprint density at radius 3 is 2.59 bits per heavy atom. The Bertz CT molecular complexity index is 528. The van der Waals surface area contributed by atoms with Gasteiger partial charge in [0.25, 0.3) is 5.69 Å². The average molecular weight is 260 g/mol. The van der Waals surface area contributed by atoms with Crippen molar-refractivity contribution >= 4 is 27.1 Å². The van der Waals surface area contributed by atoms with Gasteiger partial charge in [-0.3, -0.25) is 10.1 Å². The summed E-state index contributed by atoms with van der Waals surface area (Å²) in [5.41, 5.74) is 5.63. The molecule has 0 radical (unpaired) electrons. The molecule has 0 amide bonds. The summed E-state index contributed by atoms with van der Waals surface area (Å²) >= 11 is 0. The third-order valence-corrected chi connectivity index (χ3v) is 2.72. The fourth-order valence-electron chi connectivity index (χ4n) is 1.15. The van der Waals surface area contributed by atoms with Gasteiger partial charge in [-0.05, 0) is 12.1 Å². The fourth-order valence-corrected chi connectivity index (χ4v) is 1.54. The Morgan fingerprint density at radius 2 is 2.06 bits per heavy atom. The van der Waals surface area contributed by atoms with Crippen LogP contribution >= 0.6 is 0 Å². The number of nitrogens with two attached hydrogens (primary N) is 2. The van der Waals surface area contributed by atoms with Crippen LogP contribution < -0.4 is 16.2 Å². The van der Waals surface area contributed by atoms with Gasteiger partial charge in [0.2, 0.25) is 10.0 Å². The Labute approximate surface area is 97.8 Å². The Kier molecular flexibility index (Phi) is 3.86. The highest BCUT2D eigenvalue weighted by atomic mass is 32.2. The first-order valence-electron chi connectivity index (χ1n) is 4.58. The molecule has 0 aliphatic heterocycles. The van der Waals surface area contributed by atoms with E-state index in [1.54, 1.807) is 0 Å². The summed E-state index contributed by atoms with van der Waals surface area (Å²) in [7, 11) is -3.55. The molecule has 0 aliphatic rings. The van der Waals surface area contributed by atoms with Gasteiger partial charge in [0.05, 0.1) is 10.7 Å². The van der Waals surface area contributed by atoms with Crippen LogP contribution in [-0.2, 0) is 10.0 Å². The van der Waals surface area contributed by atoms with E-state index in [0.29, 0.717) is 5.69 Å². The molecule has 5 N–H and O–H groups in total. The number of rotatable bonds is 5. The highest BCUT2D eigenvalue weighted by Gasteiger charge is 2.11. The summed E-state index contributed by atoms with van der Waals surface area (Å²) in [4.78, 5) is 9.98. The van der Waals surface area contributed by atoms with E-state index < -0.39 is 14.9 Å². The number of nitrogens with zero attached hydrogens (tertiary/aromatic N) is 1. The first-order valence-corrected chi connectivity index (χ1v) is 6.29. The molecule has 1 rings (SSSR count). The zero-order chi connectivity index (χ0) is 13.1. The molecule has 1 aromatic carbocycles. The lowest BCUT2D eigenvalue weighted by Gasteiger charge is -2.06. The van der Waals surface area contributed by atoms with E-state index in [1.165, 1.54) is 18.2 Å². The molecule has 0 spiro atoms. The summed E-state index contributed by atoms with van der Waals surface area (Å²) in [6.45, 7) is 0.0694. The van der Waals surface area contributed by atoms with Crippen molar-refractivity contribution in [3.05, 3.63) is 28.3 Å². The lowest BCUT2D eigenvalue weighted by Crippen LogP contribution is -2.22. The van der Waals surface area contributed by atoms with E-state index in [-0.39, 0.29) is 23.7 Å². The van der Waals surface area contributed by atoms with Gasteiger partial charge >= 0.3 is 0 Å². The molecule has 0 saturated carbocycles. The summed E-state index contributed by atoms with van der Waals surface area (Å²) in [5, 5.41) is 18.1. The minimum Gasteiger partial charge on any atom is -0.393 e. The smallest absolute Gasteiger partial charge is 0.294 e. The fraction of sp³-hybridized carbons (Fsp3) is 0.250. The molecular formula is C8H12N4O4S. The Balaban J connectivity index is 2.73. The van der Waals surface area contributed by atoms with Crippen LogP contribution in [0.1, 0.15) is 0 Å². The van der Waals surface area contributed by atoms with Crippen molar-refractivity contribution < 1.29 is 13.3 Å². The molecule has 1 aromatic rings. The van der Waals surface area contributed by atoms with Crippen LogP contribution in [0, 0.1) is 10.1 Å². The third-order valence-electron chi connectivity index (χ3n) is 1.94. The lowest BCUT2D eigenvalue weighted by atomic mass is 10.2. The first-order chi connectivity index (χ1) is 7.79. The number of nitro groups is 1. The molecule has 0 unspecified atom stereocenters. The quantitative estimate of drug-likeness (QED) is 0.382. The summed E-state index contributed by atoms with van der Waals surface area (Å²) in [5.74, 6) is -0.259. The largest absolute Gasteiger partial charge is 0.393 e. The van der Waals surface area contributed by atoms with Crippen molar-refractivity contribution in [2.75, 3.05) is 23.3 Å². The second kappa shape index (κ2) is 4.97. The van der Waals surface area contributed by atoms with Gasteiger partial charge < -0.3 is 11.1 Å². The van der Waals surface area contributed by atoms with Crippen molar-refractivity contribution in [3.8, 4) is 0 Å². The number of nitro benzene ring substituents is 1. The molecule has 94 valence electrons. The predicted octanol–water partition coefficient (Wildman–Crippen LogP) is -0.123. The molecule has 9 heteroatoms. The zero-order valence-corrected chi connectivity index (χ0v) is 9.61. The van der Waals surface area contributed by atoms with Crippen molar-refractivity contribution in [2.45, 2.75) is 0 Å². The van der Waals surface area contributed by atoms with E-state index >= 15 is 0 Å². The van der Waals surface area contributed by atoms with Crippen LogP contribution in [0.15, 0.2) is 18.2 Å². The van der Waals surface area contributed by atoms with E-state index in [4.69, 9.17) is 10.9 Å².